The molecule has 0 saturated carbocycles. The summed E-state index contributed by atoms with van der Waals surface area (Å²) in [5.74, 6) is 0. The van der Waals surface area contributed by atoms with Crippen LogP contribution in [0.3, 0.4) is 0 Å². The van der Waals surface area contributed by atoms with E-state index in [4.69, 9.17) is 0 Å². The van der Waals surface area contributed by atoms with Gasteiger partial charge in [-0.05, 0) is 0 Å². The quantitative estimate of drug-likeness (QED) is 0.588. The molecule has 0 saturated heterocycles. The molecule has 4 rings (SSSR count). The van der Waals surface area contributed by atoms with E-state index in [1.807, 2.05) is 0 Å². The van der Waals surface area contributed by atoms with Crippen molar-refractivity contribution >= 4 is 9.44 Å². The molecule has 0 radical (unpaired) electrons. The minimum atomic E-state index is -1.16. The van der Waals surface area contributed by atoms with Gasteiger partial charge in [0.25, 0.3) is 0 Å². The first kappa shape index (κ1) is 13.3. The van der Waals surface area contributed by atoms with Crippen LogP contribution in [0.1, 0.15) is 23.1 Å². The molecule has 0 unspecified atom stereocenters. The van der Waals surface area contributed by atoms with E-state index in [9.17, 15) is 0 Å². The molecule has 0 aliphatic heterocycles. The van der Waals surface area contributed by atoms with Crippen molar-refractivity contribution in [1.29, 1.82) is 0 Å². The van der Waals surface area contributed by atoms with Gasteiger partial charge in [0.15, 0.2) is 0 Å². The Bertz CT molecular complexity index is 778. The topological polar surface area (TPSA) is 0 Å². The summed E-state index contributed by atoms with van der Waals surface area (Å²) in [6.07, 6.45) is 9.00. The second-order valence-corrected chi connectivity index (χ2v) is 10.1. The minimum absolute atomic E-state index is 1.10. The SMILES string of the molecule is [CH3][Ti]([CH3])[c]1c(C2=CC=CC2)ccc2c1Cc1ccccc1-2. The molecular formula is C20H19Ti. The second-order valence-electron chi connectivity index (χ2n) is 6.17. The summed E-state index contributed by atoms with van der Waals surface area (Å²) in [5, 5.41) is 4.98. The molecule has 103 valence electrons. The van der Waals surface area contributed by atoms with E-state index in [2.05, 4.69) is 65.1 Å². The van der Waals surface area contributed by atoms with Gasteiger partial charge in [-0.2, -0.15) is 0 Å². The van der Waals surface area contributed by atoms with Gasteiger partial charge in [0, 0.05) is 0 Å². The van der Waals surface area contributed by atoms with Gasteiger partial charge in [0.2, 0.25) is 0 Å². The average molecular weight is 307 g/mol. The molecule has 0 N–H and O–H groups in total. The van der Waals surface area contributed by atoms with Gasteiger partial charge < -0.3 is 0 Å². The van der Waals surface area contributed by atoms with E-state index in [0.717, 1.165) is 12.8 Å². The van der Waals surface area contributed by atoms with Crippen LogP contribution < -0.4 is 3.87 Å². The van der Waals surface area contributed by atoms with Gasteiger partial charge in [0.05, 0.1) is 0 Å². The van der Waals surface area contributed by atoms with Gasteiger partial charge >= 0.3 is 133 Å². The third kappa shape index (κ3) is 2.09. The van der Waals surface area contributed by atoms with Gasteiger partial charge in [-0.25, -0.2) is 0 Å². The maximum absolute atomic E-state index is 2.49. The van der Waals surface area contributed by atoms with Gasteiger partial charge in [-0.15, -0.1) is 0 Å². The van der Waals surface area contributed by atoms with Crippen LogP contribution in [0.25, 0.3) is 16.7 Å². The Labute approximate surface area is 133 Å². The normalized spacial score (nSPS) is 14.9. The Kier molecular flexibility index (Phi) is 3.25. The van der Waals surface area contributed by atoms with Crippen LogP contribution >= 0.6 is 0 Å². The molecule has 0 amide bonds. The first-order chi connectivity index (χ1) is 10.3. The number of allylic oxidation sites excluding steroid dienone is 4. The third-order valence-electron chi connectivity index (χ3n) is 4.60. The van der Waals surface area contributed by atoms with E-state index < -0.39 is 17.9 Å². The van der Waals surface area contributed by atoms with E-state index in [1.54, 1.807) is 9.43 Å². The van der Waals surface area contributed by atoms with Gasteiger partial charge in [-0.1, -0.05) is 0 Å². The van der Waals surface area contributed by atoms with Crippen LogP contribution in [0.2, 0.25) is 10.5 Å². The molecule has 0 aromatic heterocycles. The van der Waals surface area contributed by atoms with Crippen molar-refractivity contribution in [3.8, 4) is 11.1 Å². The maximum atomic E-state index is 2.49. The Morgan fingerprint density at radius 2 is 1.71 bits per heavy atom. The molecule has 2 aromatic carbocycles. The molecule has 21 heavy (non-hydrogen) atoms. The average Bonchev–Trinajstić information content (AvgIpc) is 3.13. The molecule has 2 aliphatic carbocycles. The van der Waals surface area contributed by atoms with Crippen LogP contribution in [0.5, 0.6) is 0 Å². The van der Waals surface area contributed by atoms with Crippen LogP contribution in [0.15, 0.2) is 54.6 Å². The van der Waals surface area contributed by atoms with E-state index >= 15 is 0 Å². The Morgan fingerprint density at radius 3 is 2.48 bits per heavy atom. The molecule has 2 aromatic rings. The predicted molar refractivity (Wildman–Crippen MR) is 87.8 cm³/mol. The van der Waals surface area contributed by atoms with Crippen LogP contribution in [-0.2, 0) is 24.3 Å². The summed E-state index contributed by atoms with van der Waals surface area (Å²) in [5.41, 5.74) is 9.12. The Hall–Kier alpha value is -1.37. The van der Waals surface area contributed by atoms with Crippen LogP contribution in [-0.4, -0.2) is 0 Å². The third-order valence-corrected chi connectivity index (χ3v) is 7.06. The molecule has 0 heterocycles. The van der Waals surface area contributed by atoms with Crippen molar-refractivity contribution in [2.45, 2.75) is 23.3 Å². The molecule has 1 heteroatoms. The zero-order valence-electron chi connectivity index (χ0n) is 12.6. The van der Waals surface area contributed by atoms with E-state index in [1.165, 1.54) is 27.8 Å². The molecule has 0 atom stereocenters. The summed E-state index contributed by atoms with van der Waals surface area (Å²) in [4.78, 5) is 0. The molecule has 0 nitrogen and oxygen atoms in total. The first-order valence-corrected chi connectivity index (χ1v) is 11.6. The Balaban J connectivity index is 1.93. The van der Waals surface area contributed by atoms with Gasteiger partial charge in [0.1, 0.15) is 0 Å². The summed E-state index contributed by atoms with van der Waals surface area (Å²) >= 11 is -1.16. The standard InChI is InChI=1S/C18H13.2CH3.Ti/c1-2-6-13(5-1)14-9-10-18-16(11-14)12-15-7-3-4-8-17(15)18;;;/h1-5,7-10H,6,12H2;2*1H3;. The predicted octanol–water partition coefficient (Wildman–Crippen LogP) is 4.94. The summed E-state index contributed by atoms with van der Waals surface area (Å²) in [6, 6.07) is 13.7. The van der Waals surface area contributed by atoms with Crippen LogP contribution in [0, 0.1) is 0 Å². The van der Waals surface area contributed by atoms with Crippen molar-refractivity contribution in [2.24, 2.45) is 0 Å². The van der Waals surface area contributed by atoms with Crippen molar-refractivity contribution < 1.29 is 17.9 Å². The number of rotatable bonds is 2. The molecular weight excluding hydrogens is 288 g/mol. The first-order valence-electron chi connectivity index (χ1n) is 7.66. The molecule has 0 fully saturated rings. The zero-order valence-corrected chi connectivity index (χ0v) is 14.2. The van der Waals surface area contributed by atoms with Crippen LogP contribution in [0.4, 0.5) is 0 Å². The zero-order chi connectivity index (χ0) is 14.4. The number of fused-ring (bicyclic) bond motifs is 3. The number of hydrogen-bond acceptors (Lipinski definition) is 0. The van der Waals surface area contributed by atoms with E-state index in [-0.39, 0.29) is 0 Å². The monoisotopic (exact) mass is 307 g/mol. The second kappa shape index (κ2) is 5.12. The molecule has 0 bridgehead atoms. The fourth-order valence-corrected chi connectivity index (χ4v) is 6.21. The number of hydrogen-bond donors (Lipinski definition) is 0. The molecule has 0 spiro atoms. The molecule has 2 aliphatic rings. The van der Waals surface area contributed by atoms with Crippen molar-refractivity contribution in [3.63, 3.8) is 0 Å². The Morgan fingerprint density at radius 1 is 0.905 bits per heavy atom. The van der Waals surface area contributed by atoms with Crippen molar-refractivity contribution in [1.82, 2.24) is 0 Å². The van der Waals surface area contributed by atoms with Crippen molar-refractivity contribution in [2.75, 3.05) is 0 Å². The fourth-order valence-electron chi connectivity index (χ4n) is 3.70. The summed E-state index contributed by atoms with van der Waals surface area (Å²) < 4.78 is 1.72. The summed E-state index contributed by atoms with van der Waals surface area (Å²) in [6.45, 7) is 0. The number of benzene rings is 2. The summed E-state index contributed by atoms with van der Waals surface area (Å²) in [7, 11) is 0. The van der Waals surface area contributed by atoms with Crippen molar-refractivity contribution in [3.05, 3.63) is 71.3 Å². The van der Waals surface area contributed by atoms with Gasteiger partial charge in [-0.3, -0.25) is 0 Å². The van der Waals surface area contributed by atoms with E-state index in [0.29, 0.717) is 0 Å². The fraction of sp³-hybridized carbons (Fsp3) is 0.200.